The van der Waals surface area contributed by atoms with Gasteiger partial charge in [0.15, 0.2) is 14.6 Å². The first kappa shape index (κ1) is 22.2. The fourth-order valence-electron chi connectivity index (χ4n) is 3.46. The largest absolute Gasteiger partial charge is 0.491 e. The zero-order valence-electron chi connectivity index (χ0n) is 16.7. The molecule has 3 rings (SSSR count). The SMILES string of the molecule is COCCOc1ccc(-c2ccc(S(=O)(=O)C3(C(=O)NO)CCOCC3)cc2)cc1. The zero-order valence-corrected chi connectivity index (χ0v) is 17.5. The summed E-state index contributed by atoms with van der Waals surface area (Å²) < 4.78 is 40.5. The first-order valence-electron chi connectivity index (χ1n) is 9.54. The molecule has 2 aromatic rings. The average Bonchev–Trinajstić information content (AvgIpc) is 2.79. The van der Waals surface area contributed by atoms with E-state index in [-0.39, 0.29) is 31.0 Å². The summed E-state index contributed by atoms with van der Waals surface area (Å²) in [5.41, 5.74) is 3.24. The van der Waals surface area contributed by atoms with Gasteiger partial charge in [0.1, 0.15) is 12.4 Å². The van der Waals surface area contributed by atoms with Crippen LogP contribution >= 0.6 is 0 Å². The second kappa shape index (κ2) is 9.57. The van der Waals surface area contributed by atoms with E-state index in [2.05, 4.69) is 0 Å². The first-order chi connectivity index (χ1) is 14.4. The fourth-order valence-corrected chi connectivity index (χ4v) is 5.40. The van der Waals surface area contributed by atoms with Crippen LogP contribution in [0, 0.1) is 0 Å². The van der Waals surface area contributed by atoms with E-state index < -0.39 is 20.5 Å². The molecule has 1 aliphatic rings. The lowest BCUT2D eigenvalue weighted by molar-refractivity contribution is -0.134. The van der Waals surface area contributed by atoms with Crippen LogP contribution in [-0.2, 0) is 24.1 Å². The van der Waals surface area contributed by atoms with Crippen LogP contribution in [0.1, 0.15) is 12.8 Å². The van der Waals surface area contributed by atoms with Gasteiger partial charge in [-0.2, -0.15) is 0 Å². The quantitative estimate of drug-likeness (QED) is 0.371. The van der Waals surface area contributed by atoms with Crippen LogP contribution in [0.4, 0.5) is 0 Å². The van der Waals surface area contributed by atoms with Crippen LogP contribution in [0.2, 0.25) is 0 Å². The third-order valence-corrected chi connectivity index (χ3v) is 7.75. The molecule has 162 valence electrons. The van der Waals surface area contributed by atoms with E-state index in [1.165, 1.54) is 17.6 Å². The van der Waals surface area contributed by atoms with E-state index in [9.17, 15) is 13.2 Å². The fraction of sp³-hybridized carbons (Fsp3) is 0.381. The van der Waals surface area contributed by atoms with Crippen molar-refractivity contribution >= 4 is 15.7 Å². The topological polar surface area (TPSA) is 111 Å². The highest BCUT2D eigenvalue weighted by atomic mass is 32.2. The van der Waals surface area contributed by atoms with Crippen molar-refractivity contribution in [1.82, 2.24) is 5.48 Å². The second-order valence-corrected chi connectivity index (χ2v) is 9.20. The van der Waals surface area contributed by atoms with Gasteiger partial charge in [-0.3, -0.25) is 10.0 Å². The molecule has 8 nitrogen and oxygen atoms in total. The standard InChI is InChI=1S/C21H25NO7S/c1-27-14-15-29-18-6-2-16(3-7-18)17-4-8-19(9-5-17)30(25,26)21(20(23)22-24)10-12-28-13-11-21/h2-9,24H,10-15H2,1H3,(H,22,23). The number of hydrogen-bond donors (Lipinski definition) is 2. The summed E-state index contributed by atoms with van der Waals surface area (Å²) in [6.07, 6.45) is -0.0397. The molecular formula is C21H25NO7S. The molecule has 1 fully saturated rings. The highest BCUT2D eigenvalue weighted by Crippen LogP contribution is 2.36. The normalized spacial score (nSPS) is 16.1. The molecule has 2 aromatic carbocycles. The van der Waals surface area contributed by atoms with Crippen molar-refractivity contribution in [2.75, 3.05) is 33.5 Å². The number of ether oxygens (including phenoxy) is 3. The molecule has 0 spiro atoms. The first-order valence-corrected chi connectivity index (χ1v) is 11.0. The third kappa shape index (κ3) is 4.34. The van der Waals surface area contributed by atoms with Crippen molar-refractivity contribution in [2.45, 2.75) is 22.5 Å². The minimum Gasteiger partial charge on any atom is -0.491 e. The van der Waals surface area contributed by atoms with Crippen molar-refractivity contribution < 1.29 is 32.6 Å². The maximum absolute atomic E-state index is 13.3. The summed E-state index contributed by atoms with van der Waals surface area (Å²) in [7, 11) is -2.43. The van der Waals surface area contributed by atoms with Crippen molar-refractivity contribution in [3.63, 3.8) is 0 Å². The van der Waals surface area contributed by atoms with E-state index in [0.29, 0.717) is 19.0 Å². The Balaban J connectivity index is 1.83. The molecule has 1 amide bonds. The molecule has 0 atom stereocenters. The molecule has 0 unspecified atom stereocenters. The maximum atomic E-state index is 13.3. The van der Waals surface area contributed by atoms with E-state index in [4.69, 9.17) is 19.4 Å². The highest BCUT2D eigenvalue weighted by molar-refractivity contribution is 7.93. The molecule has 2 N–H and O–H groups in total. The predicted molar refractivity (Wildman–Crippen MR) is 109 cm³/mol. The maximum Gasteiger partial charge on any atom is 0.265 e. The number of rotatable bonds is 8. The lowest BCUT2D eigenvalue weighted by Gasteiger charge is -2.34. The third-order valence-electron chi connectivity index (χ3n) is 5.24. The molecule has 30 heavy (non-hydrogen) atoms. The molecule has 9 heteroatoms. The number of nitrogens with one attached hydrogen (secondary N) is 1. The summed E-state index contributed by atoms with van der Waals surface area (Å²) in [6.45, 7) is 1.21. The van der Waals surface area contributed by atoms with Gasteiger partial charge in [0, 0.05) is 20.3 Å². The summed E-state index contributed by atoms with van der Waals surface area (Å²) >= 11 is 0. The van der Waals surface area contributed by atoms with Crippen LogP contribution in [0.3, 0.4) is 0 Å². The number of carbonyl (C=O) groups is 1. The Bertz CT molecular complexity index is 950. The van der Waals surface area contributed by atoms with Crippen LogP contribution in [0.25, 0.3) is 11.1 Å². The second-order valence-electron chi connectivity index (χ2n) is 6.94. The number of carbonyl (C=O) groups excluding carboxylic acids is 1. The van der Waals surface area contributed by atoms with Gasteiger partial charge < -0.3 is 14.2 Å². The molecule has 1 aliphatic heterocycles. The Kier molecular flexibility index (Phi) is 7.09. The molecule has 0 radical (unpaired) electrons. The van der Waals surface area contributed by atoms with Gasteiger partial charge in [0.2, 0.25) is 0 Å². The summed E-state index contributed by atoms with van der Waals surface area (Å²) in [6, 6.07) is 13.8. The number of benzene rings is 2. The van der Waals surface area contributed by atoms with Crippen molar-refractivity contribution in [3.8, 4) is 16.9 Å². The molecule has 1 heterocycles. The van der Waals surface area contributed by atoms with Crippen LogP contribution in [0.15, 0.2) is 53.4 Å². The minimum atomic E-state index is -4.04. The van der Waals surface area contributed by atoms with Crippen LogP contribution in [0.5, 0.6) is 5.75 Å². The summed E-state index contributed by atoms with van der Waals surface area (Å²) in [5.74, 6) is -0.217. The van der Waals surface area contributed by atoms with E-state index in [0.717, 1.165) is 11.1 Å². The molecule has 1 saturated heterocycles. The number of amides is 1. The smallest absolute Gasteiger partial charge is 0.265 e. The van der Waals surface area contributed by atoms with Gasteiger partial charge in [-0.1, -0.05) is 24.3 Å². The van der Waals surface area contributed by atoms with E-state index in [1.807, 2.05) is 24.3 Å². The van der Waals surface area contributed by atoms with Crippen LogP contribution < -0.4 is 10.2 Å². The van der Waals surface area contributed by atoms with Crippen molar-refractivity contribution in [1.29, 1.82) is 0 Å². The Labute approximate surface area is 175 Å². The van der Waals surface area contributed by atoms with Gasteiger partial charge in [-0.05, 0) is 48.2 Å². The zero-order chi connectivity index (χ0) is 21.6. The van der Waals surface area contributed by atoms with Crippen molar-refractivity contribution in [2.24, 2.45) is 0 Å². The highest BCUT2D eigenvalue weighted by Gasteiger charge is 2.52. The Morgan fingerprint density at radius 3 is 2.13 bits per heavy atom. The molecule has 0 aliphatic carbocycles. The van der Waals surface area contributed by atoms with Crippen LogP contribution in [-0.4, -0.2) is 57.8 Å². The molecule has 0 bridgehead atoms. The van der Waals surface area contributed by atoms with Gasteiger partial charge in [0.05, 0.1) is 11.5 Å². The van der Waals surface area contributed by atoms with E-state index in [1.54, 1.807) is 19.2 Å². The number of hydroxylamine groups is 1. The van der Waals surface area contributed by atoms with Gasteiger partial charge >= 0.3 is 0 Å². The Morgan fingerprint density at radius 1 is 1.03 bits per heavy atom. The van der Waals surface area contributed by atoms with Gasteiger partial charge in [-0.15, -0.1) is 0 Å². The van der Waals surface area contributed by atoms with Crippen molar-refractivity contribution in [3.05, 3.63) is 48.5 Å². The van der Waals surface area contributed by atoms with Gasteiger partial charge in [-0.25, -0.2) is 13.9 Å². The van der Waals surface area contributed by atoms with Gasteiger partial charge in [0.25, 0.3) is 5.91 Å². The number of methoxy groups -OCH3 is 1. The number of sulfone groups is 1. The average molecular weight is 435 g/mol. The summed E-state index contributed by atoms with van der Waals surface area (Å²) in [5, 5.41) is 9.12. The lowest BCUT2D eigenvalue weighted by Crippen LogP contribution is -2.54. The van der Waals surface area contributed by atoms with E-state index >= 15 is 0 Å². The lowest BCUT2D eigenvalue weighted by atomic mass is 9.98. The predicted octanol–water partition coefficient (Wildman–Crippen LogP) is 2.21. The number of hydrogen-bond acceptors (Lipinski definition) is 7. The minimum absolute atomic E-state index is 0.0198. The molecular weight excluding hydrogens is 410 g/mol. The Hall–Kier alpha value is -2.46. The Morgan fingerprint density at radius 2 is 1.60 bits per heavy atom. The summed E-state index contributed by atoms with van der Waals surface area (Å²) in [4.78, 5) is 12.3. The monoisotopic (exact) mass is 435 g/mol. The molecule has 0 saturated carbocycles. The molecule has 0 aromatic heterocycles.